The second kappa shape index (κ2) is 7.54. The van der Waals surface area contributed by atoms with Gasteiger partial charge in [0, 0.05) is 5.92 Å². The standard InChI is InChI=1S/C19H25N3/c1-2-20-14-13-17-18(15-9-5-3-6-10-15)21-22-19(17)16-11-7-4-8-12-16/h3-12,17-22H,2,13-14H2,1H3. The Kier molecular flexibility index (Phi) is 5.22. The number of rotatable bonds is 6. The van der Waals surface area contributed by atoms with Gasteiger partial charge in [-0.15, -0.1) is 0 Å². The molecule has 1 fully saturated rings. The monoisotopic (exact) mass is 295 g/mol. The number of benzene rings is 2. The summed E-state index contributed by atoms with van der Waals surface area (Å²) in [5, 5.41) is 3.46. The largest absolute Gasteiger partial charge is 0.317 e. The molecule has 0 spiro atoms. The lowest BCUT2D eigenvalue weighted by molar-refractivity contribution is 0.387. The molecule has 3 N–H and O–H groups in total. The molecule has 0 aromatic heterocycles. The van der Waals surface area contributed by atoms with Gasteiger partial charge in [-0.1, -0.05) is 67.6 Å². The van der Waals surface area contributed by atoms with Gasteiger partial charge in [0.05, 0.1) is 12.1 Å². The third kappa shape index (κ3) is 3.38. The Morgan fingerprint density at radius 3 is 1.77 bits per heavy atom. The molecule has 0 aliphatic carbocycles. The van der Waals surface area contributed by atoms with Crippen LogP contribution >= 0.6 is 0 Å². The van der Waals surface area contributed by atoms with Gasteiger partial charge >= 0.3 is 0 Å². The van der Waals surface area contributed by atoms with E-state index in [9.17, 15) is 0 Å². The molecule has 1 saturated heterocycles. The molecule has 1 aliphatic heterocycles. The highest BCUT2D eigenvalue weighted by molar-refractivity contribution is 5.26. The Morgan fingerprint density at radius 2 is 1.32 bits per heavy atom. The van der Waals surface area contributed by atoms with Crippen molar-refractivity contribution in [3.63, 3.8) is 0 Å². The predicted octanol–water partition coefficient (Wildman–Crippen LogP) is 3.19. The first kappa shape index (κ1) is 15.2. The Bertz CT molecular complexity index is 508. The fourth-order valence-electron chi connectivity index (χ4n) is 3.35. The van der Waals surface area contributed by atoms with E-state index in [2.05, 4.69) is 83.8 Å². The van der Waals surface area contributed by atoms with E-state index in [-0.39, 0.29) is 0 Å². The van der Waals surface area contributed by atoms with Crippen LogP contribution in [0.4, 0.5) is 0 Å². The third-order valence-corrected chi connectivity index (χ3v) is 4.47. The summed E-state index contributed by atoms with van der Waals surface area (Å²) in [4.78, 5) is 0. The Morgan fingerprint density at radius 1 is 0.818 bits per heavy atom. The zero-order valence-corrected chi connectivity index (χ0v) is 13.1. The summed E-state index contributed by atoms with van der Waals surface area (Å²) in [6, 6.07) is 22.2. The van der Waals surface area contributed by atoms with Crippen LogP contribution in [0, 0.1) is 5.92 Å². The molecule has 0 amide bonds. The maximum absolute atomic E-state index is 3.52. The summed E-state index contributed by atoms with van der Waals surface area (Å²) < 4.78 is 0. The average Bonchev–Trinajstić information content (AvgIpc) is 3.01. The van der Waals surface area contributed by atoms with Gasteiger partial charge in [0.1, 0.15) is 0 Å². The van der Waals surface area contributed by atoms with E-state index in [1.54, 1.807) is 0 Å². The molecule has 0 radical (unpaired) electrons. The Balaban J connectivity index is 1.81. The van der Waals surface area contributed by atoms with Gasteiger partial charge in [-0.05, 0) is 30.6 Å². The topological polar surface area (TPSA) is 36.1 Å². The van der Waals surface area contributed by atoms with Crippen molar-refractivity contribution in [1.82, 2.24) is 16.2 Å². The van der Waals surface area contributed by atoms with Crippen molar-refractivity contribution in [3.8, 4) is 0 Å². The van der Waals surface area contributed by atoms with Gasteiger partial charge < -0.3 is 5.32 Å². The van der Waals surface area contributed by atoms with E-state index in [0.29, 0.717) is 18.0 Å². The first-order chi connectivity index (χ1) is 10.9. The number of hydrazine groups is 1. The molecule has 3 rings (SSSR count). The van der Waals surface area contributed by atoms with E-state index in [4.69, 9.17) is 0 Å². The van der Waals surface area contributed by atoms with Crippen molar-refractivity contribution in [2.75, 3.05) is 13.1 Å². The second-order valence-corrected chi connectivity index (χ2v) is 5.87. The van der Waals surface area contributed by atoms with Gasteiger partial charge in [0.2, 0.25) is 0 Å². The molecule has 2 atom stereocenters. The van der Waals surface area contributed by atoms with Crippen molar-refractivity contribution in [3.05, 3.63) is 71.8 Å². The maximum atomic E-state index is 3.52. The Hall–Kier alpha value is -1.68. The molecule has 1 heterocycles. The third-order valence-electron chi connectivity index (χ3n) is 4.47. The minimum atomic E-state index is 0.352. The molecule has 3 heteroatoms. The molecule has 116 valence electrons. The highest BCUT2D eigenvalue weighted by Gasteiger charge is 2.36. The molecule has 3 nitrogen and oxygen atoms in total. The van der Waals surface area contributed by atoms with Crippen LogP contribution in [0.2, 0.25) is 0 Å². The number of hydrogen-bond acceptors (Lipinski definition) is 3. The normalized spacial score (nSPS) is 24.5. The summed E-state index contributed by atoms with van der Waals surface area (Å²) in [5.41, 5.74) is 9.75. The van der Waals surface area contributed by atoms with E-state index < -0.39 is 0 Å². The van der Waals surface area contributed by atoms with Crippen LogP contribution in [-0.2, 0) is 0 Å². The van der Waals surface area contributed by atoms with E-state index >= 15 is 0 Å². The van der Waals surface area contributed by atoms with Crippen LogP contribution in [0.1, 0.15) is 36.6 Å². The van der Waals surface area contributed by atoms with Crippen molar-refractivity contribution >= 4 is 0 Å². The SMILES string of the molecule is CCNCCC1C(c2ccccc2)NNC1c1ccccc1. The van der Waals surface area contributed by atoms with Crippen molar-refractivity contribution in [2.45, 2.75) is 25.4 Å². The van der Waals surface area contributed by atoms with Crippen molar-refractivity contribution in [1.29, 1.82) is 0 Å². The van der Waals surface area contributed by atoms with E-state index in [1.807, 2.05) is 0 Å². The van der Waals surface area contributed by atoms with Gasteiger partial charge in [0.25, 0.3) is 0 Å². The maximum Gasteiger partial charge on any atom is 0.0509 e. The van der Waals surface area contributed by atoms with Crippen LogP contribution in [-0.4, -0.2) is 13.1 Å². The van der Waals surface area contributed by atoms with E-state index in [1.165, 1.54) is 11.1 Å². The number of hydrogen-bond donors (Lipinski definition) is 3. The highest BCUT2D eigenvalue weighted by atomic mass is 15.4. The van der Waals surface area contributed by atoms with Crippen molar-refractivity contribution < 1.29 is 0 Å². The zero-order valence-electron chi connectivity index (χ0n) is 13.1. The summed E-state index contributed by atoms with van der Waals surface area (Å²) in [5.74, 6) is 0.531. The molecule has 2 unspecified atom stereocenters. The minimum absolute atomic E-state index is 0.352. The molecule has 22 heavy (non-hydrogen) atoms. The quantitative estimate of drug-likeness (QED) is 0.716. The van der Waals surface area contributed by atoms with Crippen LogP contribution in [0.5, 0.6) is 0 Å². The lowest BCUT2D eigenvalue weighted by Gasteiger charge is -2.24. The molecule has 2 aromatic rings. The van der Waals surface area contributed by atoms with Crippen LogP contribution in [0.3, 0.4) is 0 Å². The molecular weight excluding hydrogens is 270 g/mol. The number of nitrogens with one attached hydrogen (secondary N) is 3. The summed E-state index contributed by atoms with van der Waals surface area (Å²) >= 11 is 0. The van der Waals surface area contributed by atoms with Gasteiger partial charge in [-0.3, -0.25) is 0 Å². The summed E-state index contributed by atoms with van der Waals surface area (Å²) in [6.07, 6.45) is 1.15. The predicted molar refractivity (Wildman–Crippen MR) is 91.3 cm³/mol. The van der Waals surface area contributed by atoms with Crippen molar-refractivity contribution in [2.24, 2.45) is 5.92 Å². The summed E-state index contributed by atoms with van der Waals surface area (Å²) in [6.45, 7) is 4.24. The van der Waals surface area contributed by atoms with Crippen LogP contribution < -0.4 is 16.2 Å². The fourth-order valence-corrected chi connectivity index (χ4v) is 3.35. The van der Waals surface area contributed by atoms with Gasteiger partial charge in [-0.2, -0.15) is 0 Å². The van der Waals surface area contributed by atoms with Crippen LogP contribution in [0.25, 0.3) is 0 Å². The lowest BCUT2D eigenvalue weighted by Crippen LogP contribution is -2.26. The second-order valence-electron chi connectivity index (χ2n) is 5.87. The fraction of sp³-hybridized carbons (Fsp3) is 0.368. The first-order valence-corrected chi connectivity index (χ1v) is 8.22. The molecule has 0 bridgehead atoms. The Labute approximate surface area is 133 Å². The first-order valence-electron chi connectivity index (χ1n) is 8.22. The highest BCUT2D eigenvalue weighted by Crippen LogP contribution is 2.38. The summed E-state index contributed by atoms with van der Waals surface area (Å²) in [7, 11) is 0. The molecule has 0 saturated carbocycles. The smallest absolute Gasteiger partial charge is 0.0509 e. The average molecular weight is 295 g/mol. The van der Waals surface area contributed by atoms with Crippen LogP contribution in [0.15, 0.2) is 60.7 Å². The van der Waals surface area contributed by atoms with Gasteiger partial charge in [-0.25, -0.2) is 10.9 Å². The lowest BCUT2D eigenvalue weighted by atomic mass is 9.84. The van der Waals surface area contributed by atoms with E-state index in [0.717, 1.165) is 19.5 Å². The molecule has 2 aromatic carbocycles. The minimum Gasteiger partial charge on any atom is -0.317 e. The zero-order chi connectivity index (χ0) is 15.2. The molecular formula is C19H25N3. The van der Waals surface area contributed by atoms with Gasteiger partial charge in [0.15, 0.2) is 0 Å². The molecule has 1 aliphatic rings.